The number of aromatic carboxylic acids is 1. The molecule has 1 amide bonds. The SMILES string of the molecule is Cc1nc(CC(=O)N2CCCC2)sc1C(=O)O. The molecule has 0 saturated carbocycles. The summed E-state index contributed by atoms with van der Waals surface area (Å²) in [5.41, 5.74) is 0.492. The molecule has 1 aliphatic heterocycles. The highest BCUT2D eigenvalue weighted by molar-refractivity contribution is 7.13. The van der Waals surface area contributed by atoms with Gasteiger partial charge >= 0.3 is 5.97 Å². The van der Waals surface area contributed by atoms with Crippen molar-refractivity contribution in [3.05, 3.63) is 15.6 Å². The number of carbonyl (C=O) groups excluding carboxylic acids is 1. The fourth-order valence-electron chi connectivity index (χ4n) is 1.93. The Morgan fingerprint density at radius 1 is 1.41 bits per heavy atom. The van der Waals surface area contributed by atoms with Crippen LogP contribution in [0, 0.1) is 6.92 Å². The van der Waals surface area contributed by atoms with Crippen molar-refractivity contribution >= 4 is 23.2 Å². The van der Waals surface area contributed by atoms with Crippen LogP contribution < -0.4 is 0 Å². The Balaban J connectivity index is 2.05. The third kappa shape index (κ3) is 2.63. The first-order chi connectivity index (χ1) is 8.08. The lowest BCUT2D eigenvalue weighted by atomic mass is 10.3. The zero-order chi connectivity index (χ0) is 12.4. The van der Waals surface area contributed by atoms with Crippen molar-refractivity contribution < 1.29 is 14.7 Å². The van der Waals surface area contributed by atoms with E-state index in [1.54, 1.807) is 6.92 Å². The van der Waals surface area contributed by atoms with Crippen LogP contribution in [0.15, 0.2) is 0 Å². The number of carboxylic acids is 1. The maximum atomic E-state index is 11.9. The van der Waals surface area contributed by atoms with Crippen molar-refractivity contribution in [1.82, 2.24) is 9.88 Å². The van der Waals surface area contributed by atoms with Crippen LogP contribution in [0.1, 0.15) is 33.2 Å². The Morgan fingerprint density at radius 3 is 2.59 bits per heavy atom. The fourth-order valence-corrected chi connectivity index (χ4v) is 2.83. The van der Waals surface area contributed by atoms with Crippen molar-refractivity contribution in [1.29, 1.82) is 0 Å². The first kappa shape index (κ1) is 12.0. The maximum Gasteiger partial charge on any atom is 0.347 e. The van der Waals surface area contributed by atoms with Crippen LogP contribution >= 0.6 is 11.3 Å². The summed E-state index contributed by atoms with van der Waals surface area (Å²) < 4.78 is 0. The Bertz CT molecular complexity index is 450. The van der Waals surface area contributed by atoms with E-state index in [1.807, 2.05) is 4.90 Å². The van der Waals surface area contributed by atoms with E-state index >= 15 is 0 Å². The van der Waals surface area contributed by atoms with Gasteiger partial charge in [-0.15, -0.1) is 11.3 Å². The van der Waals surface area contributed by atoms with Gasteiger partial charge in [0.05, 0.1) is 12.1 Å². The van der Waals surface area contributed by atoms with Gasteiger partial charge < -0.3 is 10.0 Å². The number of thiazole rings is 1. The summed E-state index contributed by atoms with van der Waals surface area (Å²) in [6.45, 7) is 3.29. The van der Waals surface area contributed by atoms with Gasteiger partial charge in [-0.25, -0.2) is 9.78 Å². The van der Waals surface area contributed by atoms with E-state index in [1.165, 1.54) is 0 Å². The first-order valence-electron chi connectivity index (χ1n) is 5.55. The summed E-state index contributed by atoms with van der Waals surface area (Å²) in [5.74, 6) is -0.923. The molecule has 0 atom stereocenters. The second-order valence-corrected chi connectivity index (χ2v) is 5.18. The fraction of sp³-hybridized carbons (Fsp3) is 0.545. The van der Waals surface area contributed by atoms with Crippen molar-refractivity contribution in [2.24, 2.45) is 0 Å². The molecule has 17 heavy (non-hydrogen) atoms. The van der Waals surface area contributed by atoms with Crippen LogP contribution in [-0.4, -0.2) is 40.0 Å². The Morgan fingerprint density at radius 2 is 2.06 bits per heavy atom. The van der Waals surface area contributed by atoms with E-state index in [4.69, 9.17) is 5.11 Å². The van der Waals surface area contributed by atoms with Crippen molar-refractivity contribution in [2.45, 2.75) is 26.2 Å². The molecular formula is C11H14N2O3S. The molecule has 0 bridgehead atoms. The predicted octanol–water partition coefficient (Wildman–Crippen LogP) is 1.31. The molecule has 0 unspecified atom stereocenters. The molecule has 1 aliphatic rings. The largest absolute Gasteiger partial charge is 0.477 e. The molecule has 5 nitrogen and oxygen atoms in total. The summed E-state index contributed by atoms with van der Waals surface area (Å²) in [7, 11) is 0. The minimum absolute atomic E-state index is 0.0492. The van der Waals surface area contributed by atoms with Gasteiger partial charge in [-0.2, -0.15) is 0 Å². The van der Waals surface area contributed by atoms with Gasteiger partial charge in [0.2, 0.25) is 5.91 Å². The molecule has 1 aromatic rings. The number of hydrogen-bond acceptors (Lipinski definition) is 4. The standard InChI is InChI=1S/C11H14N2O3S/c1-7-10(11(15)16)17-8(12-7)6-9(14)13-4-2-3-5-13/h2-6H2,1H3,(H,15,16). The van der Waals surface area contributed by atoms with E-state index in [9.17, 15) is 9.59 Å². The zero-order valence-corrected chi connectivity index (χ0v) is 10.4. The molecule has 0 radical (unpaired) electrons. The van der Waals surface area contributed by atoms with Crippen LogP contribution in [0.25, 0.3) is 0 Å². The number of aryl methyl sites for hydroxylation is 1. The van der Waals surface area contributed by atoms with Gasteiger partial charge in [0.15, 0.2) is 0 Å². The second kappa shape index (κ2) is 4.83. The number of nitrogens with zero attached hydrogens (tertiary/aromatic N) is 2. The van der Waals surface area contributed by atoms with Crippen LogP contribution in [0.3, 0.4) is 0 Å². The number of aromatic nitrogens is 1. The third-order valence-corrected chi connectivity index (χ3v) is 3.94. The first-order valence-corrected chi connectivity index (χ1v) is 6.37. The Hall–Kier alpha value is -1.43. The minimum atomic E-state index is -0.972. The second-order valence-electron chi connectivity index (χ2n) is 4.09. The lowest BCUT2D eigenvalue weighted by Gasteiger charge is -2.13. The zero-order valence-electron chi connectivity index (χ0n) is 9.60. The van der Waals surface area contributed by atoms with Crippen LogP contribution in [0.2, 0.25) is 0 Å². The van der Waals surface area contributed by atoms with E-state index in [0.717, 1.165) is 37.3 Å². The maximum absolute atomic E-state index is 11.9. The smallest absolute Gasteiger partial charge is 0.347 e. The van der Waals surface area contributed by atoms with E-state index in [-0.39, 0.29) is 17.2 Å². The summed E-state index contributed by atoms with van der Waals surface area (Å²) in [6, 6.07) is 0. The number of hydrogen-bond donors (Lipinski definition) is 1. The number of likely N-dealkylation sites (tertiary alicyclic amines) is 1. The van der Waals surface area contributed by atoms with Crippen molar-refractivity contribution in [2.75, 3.05) is 13.1 Å². The summed E-state index contributed by atoms with van der Waals surface area (Å²) in [4.78, 5) is 28.9. The minimum Gasteiger partial charge on any atom is -0.477 e. The molecule has 92 valence electrons. The molecule has 0 spiro atoms. The highest BCUT2D eigenvalue weighted by Crippen LogP contribution is 2.19. The molecule has 1 saturated heterocycles. The number of carboxylic acid groups (broad SMARTS) is 1. The van der Waals surface area contributed by atoms with Crippen LogP contribution in [-0.2, 0) is 11.2 Å². The number of rotatable bonds is 3. The van der Waals surface area contributed by atoms with E-state index in [0.29, 0.717) is 10.7 Å². The molecule has 1 fully saturated rings. The summed E-state index contributed by atoms with van der Waals surface area (Å²) in [5, 5.41) is 9.49. The molecule has 1 aromatic heterocycles. The molecule has 2 heterocycles. The molecule has 6 heteroatoms. The predicted molar refractivity (Wildman–Crippen MR) is 63.3 cm³/mol. The summed E-state index contributed by atoms with van der Waals surface area (Å²) in [6.07, 6.45) is 2.34. The highest BCUT2D eigenvalue weighted by atomic mass is 32.1. The molecule has 2 rings (SSSR count). The number of amides is 1. The van der Waals surface area contributed by atoms with Crippen molar-refractivity contribution in [3.63, 3.8) is 0 Å². The highest BCUT2D eigenvalue weighted by Gasteiger charge is 2.21. The Kier molecular flexibility index (Phi) is 3.42. The summed E-state index contributed by atoms with van der Waals surface area (Å²) >= 11 is 1.10. The average molecular weight is 254 g/mol. The number of carbonyl (C=O) groups is 2. The molecule has 1 N–H and O–H groups in total. The van der Waals surface area contributed by atoms with Crippen LogP contribution in [0.5, 0.6) is 0 Å². The van der Waals surface area contributed by atoms with Gasteiger partial charge in [0, 0.05) is 13.1 Å². The molecule has 0 aromatic carbocycles. The lowest BCUT2D eigenvalue weighted by Crippen LogP contribution is -2.28. The van der Waals surface area contributed by atoms with Gasteiger partial charge in [-0.3, -0.25) is 4.79 Å². The quantitative estimate of drug-likeness (QED) is 0.883. The van der Waals surface area contributed by atoms with Gasteiger partial charge in [-0.1, -0.05) is 0 Å². The third-order valence-electron chi connectivity index (χ3n) is 2.80. The van der Waals surface area contributed by atoms with Crippen LogP contribution in [0.4, 0.5) is 0 Å². The van der Waals surface area contributed by atoms with E-state index < -0.39 is 5.97 Å². The lowest BCUT2D eigenvalue weighted by molar-refractivity contribution is -0.129. The topological polar surface area (TPSA) is 70.5 Å². The molecular weight excluding hydrogens is 240 g/mol. The monoisotopic (exact) mass is 254 g/mol. The van der Waals surface area contributed by atoms with Gasteiger partial charge in [-0.05, 0) is 19.8 Å². The van der Waals surface area contributed by atoms with Crippen molar-refractivity contribution in [3.8, 4) is 0 Å². The van der Waals surface area contributed by atoms with Gasteiger partial charge in [0.25, 0.3) is 0 Å². The Labute approximate surface area is 103 Å². The molecule has 0 aliphatic carbocycles. The normalized spacial score (nSPS) is 15.2. The average Bonchev–Trinajstić information content (AvgIpc) is 2.86. The van der Waals surface area contributed by atoms with E-state index in [2.05, 4.69) is 4.98 Å². The van der Waals surface area contributed by atoms with Gasteiger partial charge in [0.1, 0.15) is 9.88 Å².